The lowest BCUT2D eigenvalue weighted by molar-refractivity contribution is -0.319. The Bertz CT molecular complexity index is 1270. The van der Waals surface area contributed by atoms with Gasteiger partial charge in [-0.15, -0.1) is 0 Å². The second kappa shape index (κ2) is 17.3. The Hall–Kier alpha value is -2.25. The fourth-order valence-corrected chi connectivity index (χ4v) is 8.35. The maximum atomic E-state index is 12.5. The summed E-state index contributed by atoms with van der Waals surface area (Å²) >= 11 is 0. The fourth-order valence-electron chi connectivity index (χ4n) is 8.35. The number of esters is 1. The van der Waals surface area contributed by atoms with Crippen molar-refractivity contribution in [2.75, 3.05) is 19.9 Å². The molecule has 0 saturated carbocycles. The number of unbranched alkanes of at least 4 members (excludes halogenated alkanes) is 12. The summed E-state index contributed by atoms with van der Waals surface area (Å²) in [6.07, 6.45) is 9.82. The molecule has 0 amide bonds. The Morgan fingerprint density at radius 3 is 2.20 bits per heavy atom. The summed E-state index contributed by atoms with van der Waals surface area (Å²) in [4.78, 5) is 14.9. The molecule has 9 atom stereocenters. The van der Waals surface area contributed by atoms with E-state index in [1.165, 1.54) is 64.2 Å². The van der Waals surface area contributed by atoms with Crippen LogP contribution in [0, 0.1) is 0 Å². The van der Waals surface area contributed by atoms with E-state index in [1.54, 1.807) is 0 Å². The molecule has 1 aliphatic carbocycles. The first-order chi connectivity index (χ1) is 23.9. The molecule has 1 aromatic carbocycles. The molecule has 4 N–H and O–H groups in total. The highest BCUT2D eigenvalue weighted by molar-refractivity contribution is 5.69. The first kappa shape index (κ1) is 36.5. The van der Waals surface area contributed by atoms with Gasteiger partial charge in [-0.1, -0.05) is 95.6 Å². The van der Waals surface area contributed by atoms with Crippen LogP contribution in [0.15, 0.2) is 23.8 Å². The molecule has 2 saturated heterocycles. The number of hydrogen-bond acceptors (Lipinski definition) is 11. The van der Waals surface area contributed by atoms with Crippen molar-refractivity contribution in [3.63, 3.8) is 0 Å². The smallest absolute Gasteiger partial charge is 0.305 e. The predicted molar refractivity (Wildman–Crippen MR) is 181 cm³/mol. The van der Waals surface area contributed by atoms with Gasteiger partial charge >= 0.3 is 5.97 Å². The van der Waals surface area contributed by atoms with Gasteiger partial charge in [0, 0.05) is 31.5 Å². The predicted octanol–water partition coefficient (Wildman–Crippen LogP) is 4.61. The highest BCUT2D eigenvalue weighted by atomic mass is 16.7. The molecule has 5 aliphatic rings. The van der Waals surface area contributed by atoms with Gasteiger partial charge in [-0.3, -0.25) is 9.69 Å². The molecule has 2 fully saturated rings. The van der Waals surface area contributed by atoms with Crippen LogP contribution in [0.4, 0.5) is 0 Å². The van der Waals surface area contributed by atoms with Gasteiger partial charge in [-0.2, -0.15) is 0 Å². The summed E-state index contributed by atoms with van der Waals surface area (Å²) in [5.41, 5.74) is 3.18. The van der Waals surface area contributed by atoms with E-state index >= 15 is 0 Å². The number of carbonyl (C=O) groups is 1. The van der Waals surface area contributed by atoms with Crippen molar-refractivity contribution in [2.45, 2.75) is 165 Å². The van der Waals surface area contributed by atoms with Crippen molar-refractivity contribution < 1.29 is 48.9 Å². The number of rotatable bonds is 18. The zero-order valence-electron chi connectivity index (χ0n) is 29.0. The number of aliphatic hydroxyl groups is 4. The Kier molecular flexibility index (Phi) is 12.9. The Balaban J connectivity index is 0.973. The number of carbonyl (C=O) groups excluding carboxylic acids is 1. The highest BCUT2D eigenvalue weighted by Gasteiger charge is 2.53. The van der Waals surface area contributed by atoms with Crippen LogP contribution < -0.4 is 9.47 Å². The van der Waals surface area contributed by atoms with Gasteiger partial charge in [-0.05, 0) is 36.1 Å². The Labute approximate surface area is 290 Å². The van der Waals surface area contributed by atoms with Gasteiger partial charge in [0.1, 0.15) is 31.0 Å². The lowest BCUT2D eigenvalue weighted by atomic mass is 9.73. The van der Waals surface area contributed by atoms with Crippen LogP contribution in [-0.2, 0) is 25.5 Å². The topological polar surface area (TPSA) is 147 Å². The van der Waals surface area contributed by atoms with Crippen LogP contribution in [0.1, 0.15) is 120 Å². The van der Waals surface area contributed by atoms with Crippen molar-refractivity contribution >= 4 is 5.97 Å². The van der Waals surface area contributed by atoms with Crippen LogP contribution in [0.25, 0.3) is 0 Å². The minimum atomic E-state index is -1.59. The third-order valence-electron chi connectivity index (χ3n) is 11.1. The van der Waals surface area contributed by atoms with Crippen LogP contribution in [0.3, 0.4) is 0 Å². The van der Waals surface area contributed by atoms with E-state index in [0.717, 1.165) is 55.5 Å². The molecule has 11 nitrogen and oxygen atoms in total. The molecule has 1 aromatic rings. The largest absolute Gasteiger partial charge is 0.463 e. The molecule has 4 aliphatic heterocycles. The number of fused-ring (bicyclic) bond motifs is 3. The third kappa shape index (κ3) is 8.63. The second-order valence-electron chi connectivity index (χ2n) is 14.6. The molecule has 0 radical (unpaired) electrons. The molecule has 9 unspecified atom stereocenters. The second-order valence-corrected chi connectivity index (χ2v) is 14.6. The lowest BCUT2D eigenvalue weighted by Gasteiger charge is -2.48. The Morgan fingerprint density at radius 2 is 1.51 bits per heavy atom. The van der Waals surface area contributed by atoms with Crippen molar-refractivity contribution in [3.05, 3.63) is 34.9 Å². The molecule has 49 heavy (non-hydrogen) atoms. The van der Waals surface area contributed by atoms with E-state index in [4.69, 9.17) is 23.7 Å². The molecule has 11 heteroatoms. The monoisotopic (exact) mass is 687 g/mol. The molecule has 0 aromatic heterocycles. The van der Waals surface area contributed by atoms with Crippen LogP contribution in [-0.4, -0.2) is 100 Å². The maximum Gasteiger partial charge on any atom is 0.305 e. The van der Waals surface area contributed by atoms with E-state index in [9.17, 15) is 25.2 Å². The summed E-state index contributed by atoms with van der Waals surface area (Å²) < 4.78 is 29.1. The van der Waals surface area contributed by atoms with Crippen LogP contribution in [0.2, 0.25) is 0 Å². The molecule has 6 rings (SSSR count). The van der Waals surface area contributed by atoms with Crippen LogP contribution in [0.5, 0.6) is 11.5 Å². The SMILES string of the molecule is CCCCCCCCCCCCCCCC(=O)OCC1OC(OC2C(O)C=C3CCN4Cc5cc6c(cc5C2C34)OCO6)C(O)C(O)C1O. The zero-order chi connectivity index (χ0) is 34.3. The summed E-state index contributed by atoms with van der Waals surface area (Å²) in [5, 5.41) is 43.7. The number of aliphatic hydroxyl groups excluding tert-OH is 4. The Morgan fingerprint density at radius 1 is 0.857 bits per heavy atom. The standard InChI is InChI=1S/C38H57NO10/c1-2-3-4-5-6-7-8-9-10-11-12-13-14-15-31(41)45-22-30-34(42)35(43)36(44)38(48-30)49-37-27(40)18-24-16-17-39-21-25-19-28-29(47-23-46-28)20-26(25)32(37)33(24)39/h18-20,27,30,32-38,40,42-44H,2-17,21-23H2,1H3. The van der Waals surface area contributed by atoms with E-state index in [1.807, 2.05) is 18.2 Å². The molecular weight excluding hydrogens is 630 g/mol. The van der Waals surface area contributed by atoms with E-state index in [2.05, 4.69) is 11.8 Å². The number of ether oxygens (including phenoxy) is 5. The minimum absolute atomic E-state index is 0.000578. The van der Waals surface area contributed by atoms with Gasteiger partial charge in [0.15, 0.2) is 17.8 Å². The first-order valence-electron chi connectivity index (χ1n) is 18.9. The van der Waals surface area contributed by atoms with E-state index < -0.39 is 48.9 Å². The number of nitrogens with zero attached hydrogens (tertiary/aromatic N) is 1. The van der Waals surface area contributed by atoms with Crippen molar-refractivity contribution in [1.29, 1.82) is 0 Å². The number of benzene rings is 1. The summed E-state index contributed by atoms with van der Waals surface area (Å²) in [6.45, 7) is 3.69. The lowest BCUT2D eigenvalue weighted by Crippen LogP contribution is -2.61. The summed E-state index contributed by atoms with van der Waals surface area (Å²) in [7, 11) is 0. The molecular formula is C38H57NO10. The minimum Gasteiger partial charge on any atom is -0.463 e. The van der Waals surface area contributed by atoms with Gasteiger partial charge in [0.05, 0.1) is 12.2 Å². The zero-order valence-corrected chi connectivity index (χ0v) is 29.0. The molecule has 0 bridgehead atoms. The van der Waals surface area contributed by atoms with Crippen molar-refractivity contribution in [1.82, 2.24) is 4.90 Å². The molecule has 0 spiro atoms. The van der Waals surface area contributed by atoms with Crippen molar-refractivity contribution in [2.24, 2.45) is 0 Å². The van der Waals surface area contributed by atoms with E-state index in [0.29, 0.717) is 11.5 Å². The third-order valence-corrected chi connectivity index (χ3v) is 11.1. The van der Waals surface area contributed by atoms with Gasteiger partial charge in [0.25, 0.3) is 0 Å². The van der Waals surface area contributed by atoms with Gasteiger partial charge in [0.2, 0.25) is 6.79 Å². The maximum absolute atomic E-state index is 12.5. The van der Waals surface area contributed by atoms with Gasteiger partial charge in [-0.25, -0.2) is 0 Å². The van der Waals surface area contributed by atoms with Crippen molar-refractivity contribution in [3.8, 4) is 11.5 Å². The molecule has 274 valence electrons. The average Bonchev–Trinajstić information content (AvgIpc) is 3.73. The van der Waals surface area contributed by atoms with Crippen LogP contribution >= 0.6 is 0 Å². The summed E-state index contributed by atoms with van der Waals surface area (Å²) in [6, 6.07) is 3.95. The first-order valence-corrected chi connectivity index (χ1v) is 18.9. The quantitative estimate of drug-likeness (QED) is 0.0975. The normalized spacial score (nSPS) is 31.7. The molecule has 4 heterocycles. The van der Waals surface area contributed by atoms with Gasteiger partial charge < -0.3 is 44.1 Å². The number of hydrogen-bond donors (Lipinski definition) is 4. The fraction of sp³-hybridized carbons (Fsp3) is 0.763. The van der Waals surface area contributed by atoms with E-state index in [-0.39, 0.29) is 31.8 Å². The summed E-state index contributed by atoms with van der Waals surface area (Å²) in [5.74, 6) is 0.640. The average molecular weight is 688 g/mol. The highest BCUT2D eigenvalue weighted by Crippen LogP contribution is 2.50.